The molecule has 1 heterocycles. The molecule has 164 valence electrons. The number of benzene rings is 3. The molecule has 1 N–H and O–H groups in total. The fraction of sp³-hybridized carbons (Fsp3) is 0.259. The van der Waals surface area contributed by atoms with Gasteiger partial charge in [-0.25, -0.2) is 0 Å². The Kier molecular flexibility index (Phi) is 5.99. The summed E-state index contributed by atoms with van der Waals surface area (Å²) < 4.78 is 5.99. The number of hydrogen-bond acceptors (Lipinski definition) is 3. The van der Waals surface area contributed by atoms with Gasteiger partial charge in [-0.15, -0.1) is 0 Å². The maximum absolute atomic E-state index is 13.0. The molecule has 5 nitrogen and oxygen atoms in total. The molecular weight excluding hydrogens is 400 g/mol. The molecule has 0 aromatic heterocycles. The predicted octanol–water partition coefficient (Wildman–Crippen LogP) is 5.77. The van der Waals surface area contributed by atoms with Crippen LogP contribution in [0.5, 0.6) is 5.75 Å². The van der Waals surface area contributed by atoms with Crippen molar-refractivity contribution in [2.45, 2.75) is 27.2 Å². The van der Waals surface area contributed by atoms with Gasteiger partial charge in [0.25, 0.3) is 5.91 Å². The lowest BCUT2D eigenvalue weighted by atomic mass is 9.93. The predicted molar refractivity (Wildman–Crippen MR) is 128 cm³/mol. The Morgan fingerprint density at radius 2 is 1.69 bits per heavy atom. The second-order valence-electron chi connectivity index (χ2n) is 8.71. The molecule has 32 heavy (non-hydrogen) atoms. The molecule has 0 saturated carbocycles. The quantitative estimate of drug-likeness (QED) is 0.561. The van der Waals surface area contributed by atoms with Crippen molar-refractivity contribution in [2.24, 2.45) is 5.41 Å². The summed E-state index contributed by atoms with van der Waals surface area (Å²) in [4.78, 5) is 27.6. The lowest BCUT2D eigenvalue weighted by molar-refractivity contribution is -0.127. The van der Waals surface area contributed by atoms with Crippen molar-refractivity contribution in [3.8, 4) is 16.9 Å². The molecule has 0 fully saturated rings. The number of rotatable bonds is 5. The third-order valence-corrected chi connectivity index (χ3v) is 5.62. The van der Waals surface area contributed by atoms with Gasteiger partial charge in [-0.2, -0.15) is 0 Å². The maximum atomic E-state index is 13.0. The minimum absolute atomic E-state index is 0.0494. The Hall–Kier alpha value is -3.60. The molecule has 2 amide bonds. The molecule has 0 aliphatic carbocycles. The summed E-state index contributed by atoms with van der Waals surface area (Å²) in [6.07, 6.45) is 0.846. The van der Waals surface area contributed by atoms with Crippen molar-refractivity contribution >= 4 is 23.2 Å². The first-order chi connectivity index (χ1) is 15.4. The van der Waals surface area contributed by atoms with Gasteiger partial charge in [0.1, 0.15) is 12.4 Å². The average Bonchev–Trinajstić information content (AvgIpc) is 2.90. The van der Waals surface area contributed by atoms with E-state index in [0.29, 0.717) is 23.5 Å². The standard InChI is InChI=1S/C27H28N2O3/c1-4-16-29-23-15-14-22(17-24(23)32-18-27(2,3)26(29)31)28-25(30)21-12-10-20(11-13-21)19-8-6-5-7-9-19/h5-15,17H,4,16,18H2,1-3H3,(H,28,30). The first-order valence-corrected chi connectivity index (χ1v) is 10.9. The highest BCUT2D eigenvalue weighted by atomic mass is 16.5. The molecule has 0 atom stereocenters. The summed E-state index contributed by atoms with van der Waals surface area (Å²) in [5.41, 5.74) is 3.50. The van der Waals surface area contributed by atoms with Crippen LogP contribution in [0.3, 0.4) is 0 Å². The number of anilines is 2. The fourth-order valence-electron chi connectivity index (χ4n) is 3.82. The number of amides is 2. The van der Waals surface area contributed by atoms with Gasteiger partial charge in [0.15, 0.2) is 0 Å². The van der Waals surface area contributed by atoms with E-state index in [1.165, 1.54) is 0 Å². The first-order valence-electron chi connectivity index (χ1n) is 10.9. The Morgan fingerprint density at radius 3 is 2.38 bits per heavy atom. The SMILES string of the molecule is CCCN1C(=O)C(C)(C)COc2cc(NC(=O)c3ccc(-c4ccccc4)cc3)ccc21. The molecule has 1 aliphatic rings. The van der Waals surface area contributed by atoms with Gasteiger partial charge in [0, 0.05) is 23.9 Å². The number of fused-ring (bicyclic) bond motifs is 1. The van der Waals surface area contributed by atoms with Crippen molar-refractivity contribution in [3.05, 3.63) is 78.4 Å². The van der Waals surface area contributed by atoms with E-state index in [4.69, 9.17) is 4.74 Å². The van der Waals surface area contributed by atoms with E-state index >= 15 is 0 Å². The minimum atomic E-state index is -0.613. The van der Waals surface area contributed by atoms with Crippen molar-refractivity contribution in [2.75, 3.05) is 23.4 Å². The van der Waals surface area contributed by atoms with E-state index in [-0.39, 0.29) is 18.4 Å². The molecule has 0 bridgehead atoms. The third-order valence-electron chi connectivity index (χ3n) is 5.62. The largest absolute Gasteiger partial charge is 0.490 e. The molecule has 1 aliphatic heterocycles. The second kappa shape index (κ2) is 8.87. The number of nitrogens with zero attached hydrogens (tertiary/aromatic N) is 1. The first kappa shape index (κ1) is 21.6. The summed E-state index contributed by atoms with van der Waals surface area (Å²) in [5, 5.41) is 2.94. The molecule has 0 saturated heterocycles. The van der Waals surface area contributed by atoms with Gasteiger partial charge < -0.3 is 15.0 Å². The number of hydrogen-bond donors (Lipinski definition) is 1. The van der Waals surface area contributed by atoms with Gasteiger partial charge in [-0.3, -0.25) is 9.59 Å². The molecule has 0 spiro atoms. The molecule has 0 radical (unpaired) electrons. The monoisotopic (exact) mass is 428 g/mol. The van der Waals surface area contributed by atoms with Crippen LogP contribution >= 0.6 is 0 Å². The van der Waals surface area contributed by atoms with E-state index < -0.39 is 5.41 Å². The smallest absolute Gasteiger partial charge is 0.255 e. The highest BCUT2D eigenvalue weighted by Gasteiger charge is 2.37. The van der Waals surface area contributed by atoms with Crippen LogP contribution in [0.25, 0.3) is 11.1 Å². The second-order valence-corrected chi connectivity index (χ2v) is 8.71. The Balaban J connectivity index is 1.54. The molecule has 5 heteroatoms. The van der Waals surface area contributed by atoms with E-state index in [2.05, 4.69) is 5.32 Å². The van der Waals surface area contributed by atoms with Crippen molar-refractivity contribution < 1.29 is 14.3 Å². The van der Waals surface area contributed by atoms with Crippen LogP contribution in [0.2, 0.25) is 0 Å². The fourth-order valence-corrected chi connectivity index (χ4v) is 3.82. The van der Waals surface area contributed by atoms with Gasteiger partial charge in [-0.05, 0) is 55.7 Å². The zero-order valence-electron chi connectivity index (χ0n) is 18.7. The number of carbonyl (C=O) groups excluding carboxylic acids is 2. The van der Waals surface area contributed by atoms with Crippen LogP contribution in [0.1, 0.15) is 37.6 Å². The highest BCUT2D eigenvalue weighted by molar-refractivity contribution is 6.05. The molecular formula is C27H28N2O3. The van der Waals surface area contributed by atoms with Gasteiger partial charge in [-0.1, -0.05) is 49.4 Å². The van der Waals surface area contributed by atoms with Crippen LogP contribution in [-0.4, -0.2) is 25.0 Å². The van der Waals surface area contributed by atoms with Crippen LogP contribution in [0.4, 0.5) is 11.4 Å². The molecule has 3 aromatic rings. The minimum Gasteiger partial charge on any atom is -0.490 e. The van der Waals surface area contributed by atoms with Crippen LogP contribution in [0.15, 0.2) is 72.8 Å². The average molecular weight is 429 g/mol. The van der Waals surface area contributed by atoms with Gasteiger partial charge >= 0.3 is 0 Å². The Labute approximate surface area is 189 Å². The number of ether oxygens (including phenoxy) is 1. The van der Waals surface area contributed by atoms with Crippen molar-refractivity contribution in [3.63, 3.8) is 0 Å². The zero-order valence-corrected chi connectivity index (χ0v) is 18.7. The summed E-state index contributed by atoms with van der Waals surface area (Å²) in [6.45, 7) is 6.75. The summed E-state index contributed by atoms with van der Waals surface area (Å²) in [7, 11) is 0. The van der Waals surface area contributed by atoms with E-state index in [9.17, 15) is 9.59 Å². The Bertz CT molecular complexity index is 1120. The van der Waals surface area contributed by atoms with E-state index in [1.54, 1.807) is 11.0 Å². The molecule has 4 rings (SSSR count). The summed E-state index contributed by atoms with van der Waals surface area (Å²) in [5.74, 6) is 0.461. The van der Waals surface area contributed by atoms with Crippen molar-refractivity contribution in [1.29, 1.82) is 0 Å². The maximum Gasteiger partial charge on any atom is 0.255 e. The van der Waals surface area contributed by atoms with Crippen LogP contribution in [-0.2, 0) is 4.79 Å². The molecule has 0 unspecified atom stereocenters. The number of carbonyl (C=O) groups is 2. The van der Waals surface area contributed by atoms with E-state index in [0.717, 1.165) is 23.2 Å². The third kappa shape index (κ3) is 4.37. The molecule has 3 aromatic carbocycles. The van der Waals surface area contributed by atoms with Gasteiger partial charge in [0.2, 0.25) is 5.91 Å². The zero-order chi connectivity index (χ0) is 22.7. The van der Waals surface area contributed by atoms with Crippen LogP contribution < -0.4 is 15.0 Å². The van der Waals surface area contributed by atoms with Crippen molar-refractivity contribution in [1.82, 2.24) is 0 Å². The van der Waals surface area contributed by atoms with Gasteiger partial charge in [0.05, 0.1) is 11.1 Å². The lowest BCUT2D eigenvalue weighted by Gasteiger charge is -2.27. The lowest BCUT2D eigenvalue weighted by Crippen LogP contribution is -2.42. The normalized spacial score (nSPS) is 14.8. The Morgan fingerprint density at radius 1 is 1.00 bits per heavy atom. The van der Waals surface area contributed by atoms with E-state index in [1.807, 2.05) is 87.5 Å². The topological polar surface area (TPSA) is 58.6 Å². The van der Waals surface area contributed by atoms with Crippen LogP contribution in [0, 0.1) is 5.41 Å². The summed E-state index contributed by atoms with van der Waals surface area (Å²) in [6, 6.07) is 23.0. The summed E-state index contributed by atoms with van der Waals surface area (Å²) >= 11 is 0. The number of nitrogens with one attached hydrogen (secondary N) is 1. The highest BCUT2D eigenvalue weighted by Crippen LogP contribution is 2.38.